The molecule has 0 bridgehead atoms. The van der Waals surface area contributed by atoms with Crippen molar-refractivity contribution in [2.24, 2.45) is 7.05 Å². The van der Waals surface area contributed by atoms with Crippen molar-refractivity contribution >= 4 is 11.2 Å². The highest BCUT2D eigenvalue weighted by atomic mass is 16.2. The first-order valence-corrected chi connectivity index (χ1v) is 6.75. The molecule has 2 N–H and O–H groups in total. The van der Waals surface area contributed by atoms with Gasteiger partial charge in [-0.1, -0.05) is 6.92 Å². The summed E-state index contributed by atoms with van der Waals surface area (Å²) in [7, 11) is 1.80. The Morgan fingerprint density at radius 2 is 2.05 bits per heavy atom. The number of aromatic amines is 2. The van der Waals surface area contributed by atoms with Crippen molar-refractivity contribution in [3.63, 3.8) is 0 Å². The van der Waals surface area contributed by atoms with Gasteiger partial charge in [-0.3, -0.25) is 19.0 Å². The van der Waals surface area contributed by atoms with Gasteiger partial charge in [0.2, 0.25) is 0 Å². The predicted molar refractivity (Wildman–Crippen MR) is 78.2 cm³/mol. The lowest BCUT2D eigenvalue weighted by Crippen LogP contribution is -2.30. The van der Waals surface area contributed by atoms with E-state index in [9.17, 15) is 9.59 Å². The van der Waals surface area contributed by atoms with Crippen LogP contribution in [0.1, 0.15) is 19.0 Å². The van der Waals surface area contributed by atoms with Crippen LogP contribution in [-0.2, 0) is 13.6 Å². The number of rotatable bonds is 3. The first kappa shape index (κ1) is 13.3. The van der Waals surface area contributed by atoms with Crippen molar-refractivity contribution < 1.29 is 0 Å². The number of nitrogens with zero attached hydrogens (tertiary/aromatic N) is 4. The summed E-state index contributed by atoms with van der Waals surface area (Å²) in [6.07, 6.45) is 0.772. The van der Waals surface area contributed by atoms with Crippen molar-refractivity contribution in [2.75, 3.05) is 0 Å². The minimum atomic E-state index is -0.458. The maximum atomic E-state index is 11.9. The molecule has 0 aliphatic heterocycles. The highest BCUT2D eigenvalue weighted by Gasteiger charge is 2.15. The number of hydrogen-bond acceptors (Lipinski definition) is 4. The van der Waals surface area contributed by atoms with Gasteiger partial charge < -0.3 is 4.98 Å². The van der Waals surface area contributed by atoms with E-state index in [1.807, 2.05) is 19.9 Å². The molecule has 0 atom stereocenters. The summed E-state index contributed by atoms with van der Waals surface area (Å²) < 4.78 is 3.16. The van der Waals surface area contributed by atoms with E-state index in [0.717, 1.165) is 17.8 Å². The van der Waals surface area contributed by atoms with E-state index in [2.05, 4.69) is 20.1 Å². The van der Waals surface area contributed by atoms with Gasteiger partial charge in [0.25, 0.3) is 5.56 Å². The van der Waals surface area contributed by atoms with Gasteiger partial charge in [-0.2, -0.15) is 5.10 Å². The molecular formula is C13H16N6O2. The Bertz CT molecular complexity index is 926. The molecule has 0 aliphatic carbocycles. The van der Waals surface area contributed by atoms with Crippen molar-refractivity contribution in [1.29, 1.82) is 0 Å². The Morgan fingerprint density at radius 1 is 1.29 bits per heavy atom. The predicted octanol–water partition coefficient (Wildman–Crippen LogP) is 0.532. The number of H-pyrrole nitrogens is 2. The number of nitrogens with one attached hydrogen (secondary N) is 2. The van der Waals surface area contributed by atoms with Crippen LogP contribution in [0.25, 0.3) is 22.7 Å². The Labute approximate surface area is 119 Å². The van der Waals surface area contributed by atoms with Gasteiger partial charge in [0, 0.05) is 13.6 Å². The van der Waals surface area contributed by atoms with Crippen LogP contribution in [0.2, 0.25) is 0 Å². The smallest absolute Gasteiger partial charge is 0.330 e. The molecule has 0 amide bonds. The molecule has 0 radical (unpaired) electrons. The largest absolute Gasteiger partial charge is 0.331 e. The fourth-order valence-electron chi connectivity index (χ4n) is 2.43. The fourth-order valence-corrected chi connectivity index (χ4v) is 2.43. The van der Waals surface area contributed by atoms with Gasteiger partial charge in [-0.05, 0) is 19.4 Å². The van der Waals surface area contributed by atoms with Crippen LogP contribution in [-0.4, -0.2) is 29.3 Å². The van der Waals surface area contributed by atoms with Gasteiger partial charge in [-0.25, -0.2) is 9.78 Å². The molecule has 21 heavy (non-hydrogen) atoms. The Morgan fingerprint density at radius 3 is 2.67 bits per heavy atom. The summed E-state index contributed by atoms with van der Waals surface area (Å²) in [5.41, 5.74) is 1.40. The SMILES string of the molecule is CCCn1c(=O)[nH]c(=O)c2[nH]c(-c3cc(C)nn3C)nc21. The summed E-state index contributed by atoms with van der Waals surface area (Å²) in [4.78, 5) is 33.5. The maximum Gasteiger partial charge on any atom is 0.330 e. The molecule has 3 aromatic rings. The van der Waals surface area contributed by atoms with Gasteiger partial charge in [0.15, 0.2) is 11.5 Å². The average Bonchev–Trinajstić information content (AvgIpc) is 2.98. The van der Waals surface area contributed by atoms with Gasteiger partial charge in [0.1, 0.15) is 11.2 Å². The van der Waals surface area contributed by atoms with Gasteiger partial charge in [-0.15, -0.1) is 0 Å². The van der Waals surface area contributed by atoms with E-state index in [1.54, 1.807) is 11.7 Å². The van der Waals surface area contributed by atoms with Gasteiger partial charge in [0.05, 0.1) is 5.69 Å². The van der Waals surface area contributed by atoms with Crippen molar-refractivity contribution in [1.82, 2.24) is 29.3 Å². The second-order valence-electron chi connectivity index (χ2n) is 4.99. The van der Waals surface area contributed by atoms with Gasteiger partial charge >= 0.3 is 5.69 Å². The number of aromatic nitrogens is 6. The van der Waals surface area contributed by atoms with Crippen LogP contribution in [0.3, 0.4) is 0 Å². The van der Waals surface area contributed by atoms with Crippen LogP contribution in [0, 0.1) is 6.92 Å². The molecule has 0 spiro atoms. The summed E-state index contributed by atoms with van der Waals surface area (Å²) in [5.74, 6) is 0.522. The molecular weight excluding hydrogens is 272 g/mol. The zero-order valence-electron chi connectivity index (χ0n) is 12.1. The quantitative estimate of drug-likeness (QED) is 0.734. The lowest BCUT2D eigenvalue weighted by atomic mass is 10.3. The van der Waals surface area contributed by atoms with E-state index < -0.39 is 11.2 Å². The highest BCUT2D eigenvalue weighted by molar-refractivity contribution is 5.74. The molecule has 0 aliphatic rings. The lowest BCUT2D eigenvalue weighted by molar-refractivity contribution is 0.652. The van der Waals surface area contributed by atoms with E-state index in [-0.39, 0.29) is 0 Å². The molecule has 3 aromatic heterocycles. The van der Waals surface area contributed by atoms with Crippen LogP contribution < -0.4 is 11.2 Å². The average molecular weight is 288 g/mol. The third-order valence-corrected chi connectivity index (χ3v) is 3.32. The van der Waals surface area contributed by atoms with Crippen molar-refractivity contribution in [2.45, 2.75) is 26.8 Å². The molecule has 3 heterocycles. The molecule has 110 valence electrons. The minimum absolute atomic E-state index is 0.303. The monoisotopic (exact) mass is 288 g/mol. The number of fused-ring (bicyclic) bond motifs is 1. The molecule has 8 heteroatoms. The van der Waals surface area contributed by atoms with Crippen molar-refractivity contribution in [3.05, 3.63) is 32.6 Å². The summed E-state index contributed by atoms with van der Waals surface area (Å²) >= 11 is 0. The first-order chi connectivity index (χ1) is 10.0. The molecule has 0 saturated carbocycles. The molecule has 0 aromatic carbocycles. The van der Waals surface area contributed by atoms with E-state index >= 15 is 0 Å². The molecule has 0 saturated heterocycles. The highest BCUT2D eigenvalue weighted by Crippen LogP contribution is 2.18. The molecule has 0 unspecified atom stereocenters. The van der Waals surface area contributed by atoms with E-state index in [1.165, 1.54) is 4.57 Å². The topological polar surface area (TPSA) is 101 Å². The van der Waals surface area contributed by atoms with E-state index in [0.29, 0.717) is 23.5 Å². The third kappa shape index (κ3) is 2.08. The fraction of sp³-hybridized carbons (Fsp3) is 0.385. The summed E-state index contributed by atoms with van der Waals surface area (Å²) in [5, 5.41) is 4.26. The normalized spacial score (nSPS) is 11.4. The Kier molecular flexibility index (Phi) is 3.00. The number of aryl methyl sites for hydroxylation is 3. The standard InChI is InChI=1S/C13H16N6O2/c1-4-5-19-11-9(12(20)16-13(19)21)14-10(15-11)8-6-7(2)17-18(8)3/h6H,4-5H2,1-3H3,(H,14,15)(H,16,20,21). The molecule has 8 nitrogen and oxygen atoms in total. The van der Waals surface area contributed by atoms with Crippen LogP contribution >= 0.6 is 0 Å². The summed E-state index contributed by atoms with van der Waals surface area (Å²) in [6.45, 7) is 4.34. The molecule has 0 fully saturated rings. The van der Waals surface area contributed by atoms with E-state index in [4.69, 9.17) is 0 Å². The zero-order chi connectivity index (χ0) is 15.1. The maximum absolute atomic E-state index is 11.9. The second kappa shape index (κ2) is 4.72. The Balaban J connectivity index is 2.31. The molecule has 3 rings (SSSR count). The lowest BCUT2D eigenvalue weighted by Gasteiger charge is -2.02. The number of hydrogen-bond donors (Lipinski definition) is 2. The first-order valence-electron chi connectivity index (χ1n) is 6.75. The van der Waals surface area contributed by atoms with Crippen molar-refractivity contribution in [3.8, 4) is 11.5 Å². The summed E-state index contributed by atoms with van der Waals surface area (Å²) in [6, 6.07) is 1.87. The van der Waals surface area contributed by atoms with Crippen LogP contribution in [0.5, 0.6) is 0 Å². The third-order valence-electron chi connectivity index (χ3n) is 3.32. The number of imidazole rings is 1. The second-order valence-corrected chi connectivity index (χ2v) is 4.99. The zero-order valence-corrected chi connectivity index (χ0v) is 12.1. The minimum Gasteiger partial charge on any atom is -0.331 e. The van der Waals surface area contributed by atoms with Crippen LogP contribution in [0.4, 0.5) is 0 Å². The van der Waals surface area contributed by atoms with Crippen LogP contribution in [0.15, 0.2) is 15.7 Å². The Hall–Kier alpha value is -2.64.